The van der Waals surface area contributed by atoms with Gasteiger partial charge in [-0.25, -0.2) is 9.78 Å². The van der Waals surface area contributed by atoms with Gasteiger partial charge in [-0.1, -0.05) is 6.07 Å². The lowest BCUT2D eigenvalue weighted by molar-refractivity contribution is -0.373. The summed E-state index contributed by atoms with van der Waals surface area (Å²) in [7, 11) is 4.08. The first-order valence-corrected chi connectivity index (χ1v) is 5.92. The number of anilines is 1. The van der Waals surface area contributed by atoms with Gasteiger partial charge in [-0.05, 0) is 33.5 Å². The Hall–Kier alpha value is -1.13. The van der Waals surface area contributed by atoms with E-state index in [4.69, 9.17) is 0 Å². The van der Waals surface area contributed by atoms with Gasteiger partial charge in [0.15, 0.2) is 0 Å². The molecule has 18 heavy (non-hydrogen) atoms. The average Bonchev–Trinajstić information content (AvgIpc) is 2.23. The minimum absolute atomic E-state index is 0. The fraction of sp³-hybridized carbons (Fsp3) is 0.538. The highest BCUT2D eigenvalue weighted by Gasteiger charge is 2.20. The van der Waals surface area contributed by atoms with Crippen molar-refractivity contribution in [2.45, 2.75) is 20.3 Å². The number of amides is 1. The summed E-state index contributed by atoms with van der Waals surface area (Å²) >= 11 is 0. The van der Waals surface area contributed by atoms with Crippen molar-refractivity contribution < 1.29 is 22.2 Å². The summed E-state index contributed by atoms with van der Waals surface area (Å²) < 4.78 is 0. The number of halogens is 1. The van der Waals surface area contributed by atoms with E-state index in [-0.39, 0.29) is 18.3 Å². The molecule has 0 aliphatic rings. The number of nitrogens with zero attached hydrogens (tertiary/aromatic N) is 2. The SMILES string of the molecule is CC(=O)N(CCCN(C)C)c1cccc(C)[nH+]1.[Cl-]. The number of hydrogen-bond acceptors (Lipinski definition) is 2. The van der Waals surface area contributed by atoms with Crippen LogP contribution < -0.4 is 22.3 Å². The van der Waals surface area contributed by atoms with Crippen LogP contribution in [0.1, 0.15) is 19.0 Å². The van der Waals surface area contributed by atoms with E-state index in [0.29, 0.717) is 0 Å². The Kier molecular flexibility index (Phi) is 7.55. The number of rotatable bonds is 5. The molecule has 0 bridgehead atoms. The molecule has 0 aromatic carbocycles. The maximum atomic E-state index is 11.6. The fourth-order valence-corrected chi connectivity index (χ4v) is 1.72. The van der Waals surface area contributed by atoms with Crippen LogP contribution in [0.2, 0.25) is 0 Å². The number of carbonyl (C=O) groups is 1. The Morgan fingerprint density at radius 1 is 1.28 bits per heavy atom. The van der Waals surface area contributed by atoms with Gasteiger partial charge in [0.2, 0.25) is 0 Å². The van der Waals surface area contributed by atoms with Crippen LogP contribution in [0.3, 0.4) is 0 Å². The Labute approximate surface area is 115 Å². The highest BCUT2D eigenvalue weighted by molar-refractivity contribution is 5.89. The Balaban J connectivity index is 0.00000289. The number of pyridine rings is 1. The average molecular weight is 272 g/mol. The van der Waals surface area contributed by atoms with Gasteiger partial charge in [0.1, 0.15) is 0 Å². The molecule has 1 aromatic heterocycles. The summed E-state index contributed by atoms with van der Waals surface area (Å²) in [5.41, 5.74) is 1.06. The first-order chi connectivity index (χ1) is 8.00. The molecule has 0 saturated heterocycles. The van der Waals surface area contributed by atoms with Crippen LogP contribution in [0, 0.1) is 6.92 Å². The molecule has 1 rings (SSSR count). The smallest absolute Gasteiger partial charge is 0.306 e. The molecule has 0 radical (unpaired) electrons. The highest BCUT2D eigenvalue weighted by atomic mass is 35.5. The van der Waals surface area contributed by atoms with Crippen molar-refractivity contribution in [3.63, 3.8) is 0 Å². The van der Waals surface area contributed by atoms with Crippen molar-refractivity contribution in [3.05, 3.63) is 23.9 Å². The molecule has 0 fully saturated rings. The van der Waals surface area contributed by atoms with E-state index >= 15 is 0 Å². The largest absolute Gasteiger partial charge is 1.00 e. The van der Waals surface area contributed by atoms with E-state index in [9.17, 15) is 4.79 Å². The number of aryl methyl sites for hydroxylation is 1. The number of nitrogens with one attached hydrogen (secondary N) is 1. The quantitative estimate of drug-likeness (QED) is 0.629. The standard InChI is InChI=1S/C13H21N3O.ClH/c1-11-7-5-8-13(14-11)16(12(2)17)10-6-9-15(3)4;/h5,7-8H,6,9-10H2,1-4H3;1H. The fourth-order valence-electron chi connectivity index (χ4n) is 1.72. The van der Waals surface area contributed by atoms with Crippen molar-refractivity contribution in [2.75, 3.05) is 32.1 Å². The number of aromatic nitrogens is 1. The van der Waals surface area contributed by atoms with Gasteiger partial charge in [0.05, 0.1) is 12.2 Å². The second-order valence-electron chi connectivity index (χ2n) is 4.55. The van der Waals surface area contributed by atoms with Gasteiger partial charge < -0.3 is 17.3 Å². The zero-order valence-corrected chi connectivity index (χ0v) is 12.3. The molecule has 0 aliphatic carbocycles. The molecule has 0 atom stereocenters. The number of H-pyrrole nitrogens is 1. The minimum Gasteiger partial charge on any atom is -1.00 e. The van der Waals surface area contributed by atoms with Crippen LogP contribution in [-0.4, -0.2) is 38.0 Å². The van der Waals surface area contributed by atoms with Gasteiger partial charge in [0.25, 0.3) is 5.82 Å². The minimum atomic E-state index is 0. The van der Waals surface area contributed by atoms with E-state index in [1.165, 1.54) is 0 Å². The molecule has 0 saturated carbocycles. The lowest BCUT2D eigenvalue weighted by atomic mass is 10.3. The second kappa shape index (κ2) is 8.06. The lowest BCUT2D eigenvalue weighted by Gasteiger charge is -2.14. The van der Waals surface area contributed by atoms with Crippen molar-refractivity contribution in [1.29, 1.82) is 0 Å². The van der Waals surface area contributed by atoms with Crippen LogP contribution in [0.4, 0.5) is 5.82 Å². The molecule has 1 heterocycles. The van der Waals surface area contributed by atoms with Crippen molar-refractivity contribution in [3.8, 4) is 0 Å². The Morgan fingerprint density at radius 2 is 1.94 bits per heavy atom. The molecule has 4 nitrogen and oxygen atoms in total. The first-order valence-electron chi connectivity index (χ1n) is 5.92. The molecule has 1 amide bonds. The summed E-state index contributed by atoms with van der Waals surface area (Å²) in [5, 5.41) is 0. The van der Waals surface area contributed by atoms with Gasteiger partial charge in [-0.2, -0.15) is 4.90 Å². The Bertz CT molecular complexity index is 382. The van der Waals surface area contributed by atoms with Crippen molar-refractivity contribution >= 4 is 11.7 Å². The van der Waals surface area contributed by atoms with Gasteiger partial charge in [-0.3, -0.25) is 0 Å². The van der Waals surface area contributed by atoms with Crippen LogP contribution in [-0.2, 0) is 4.79 Å². The molecular weight excluding hydrogens is 250 g/mol. The molecule has 0 aliphatic heterocycles. The summed E-state index contributed by atoms with van der Waals surface area (Å²) in [6.45, 7) is 5.32. The van der Waals surface area contributed by atoms with Crippen molar-refractivity contribution in [1.82, 2.24) is 4.90 Å². The zero-order chi connectivity index (χ0) is 12.8. The third kappa shape index (κ3) is 5.47. The Morgan fingerprint density at radius 3 is 2.44 bits per heavy atom. The van der Waals surface area contributed by atoms with Crippen LogP contribution >= 0.6 is 0 Å². The topological polar surface area (TPSA) is 37.7 Å². The first kappa shape index (κ1) is 16.9. The molecule has 1 aromatic rings. The maximum absolute atomic E-state index is 11.6. The molecular formula is C13H22ClN3O. The molecule has 1 N–H and O–H groups in total. The number of aromatic amines is 1. The van der Waals surface area contributed by atoms with E-state index in [1.54, 1.807) is 11.8 Å². The normalized spacial score (nSPS) is 10.1. The van der Waals surface area contributed by atoms with Gasteiger partial charge in [0, 0.05) is 19.5 Å². The molecule has 0 unspecified atom stereocenters. The predicted molar refractivity (Wildman–Crippen MR) is 68.9 cm³/mol. The van der Waals surface area contributed by atoms with Crippen LogP contribution in [0.25, 0.3) is 0 Å². The third-order valence-corrected chi connectivity index (χ3v) is 2.58. The van der Waals surface area contributed by atoms with E-state index in [0.717, 1.165) is 31.0 Å². The monoisotopic (exact) mass is 271 g/mol. The summed E-state index contributed by atoms with van der Waals surface area (Å²) in [5.74, 6) is 0.946. The maximum Gasteiger partial charge on any atom is 0.306 e. The lowest BCUT2D eigenvalue weighted by Crippen LogP contribution is -3.00. The third-order valence-electron chi connectivity index (χ3n) is 2.58. The van der Waals surface area contributed by atoms with Gasteiger partial charge >= 0.3 is 5.91 Å². The van der Waals surface area contributed by atoms with Crippen LogP contribution in [0.15, 0.2) is 18.2 Å². The predicted octanol–water partition coefficient (Wildman–Crippen LogP) is -1.88. The van der Waals surface area contributed by atoms with Crippen LogP contribution in [0.5, 0.6) is 0 Å². The van der Waals surface area contributed by atoms with E-state index in [1.807, 2.05) is 39.2 Å². The number of carbonyl (C=O) groups excluding carboxylic acids is 1. The van der Waals surface area contributed by atoms with Crippen molar-refractivity contribution in [2.24, 2.45) is 0 Å². The highest BCUT2D eigenvalue weighted by Crippen LogP contribution is 2.08. The van der Waals surface area contributed by atoms with E-state index < -0.39 is 0 Å². The van der Waals surface area contributed by atoms with E-state index in [2.05, 4.69) is 9.88 Å². The summed E-state index contributed by atoms with van der Waals surface area (Å²) in [4.78, 5) is 18.8. The number of hydrogen-bond donors (Lipinski definition) is 0. The second-order valence-corrected chi connectivity index (χ2v) is 4.55. The van der Waals surface area contributed by atoms with Gasteiger partial charge in [-0.15, -0.1) is 0 Å². The summed E-state index contributed by atoms with van der Waals surface area (Å²) in [6.07, 6.45) is 0.967. The molecule has 102 valence electrons. The molecule has 5 heteroatoms. The summed E-state index contributed by atoms with van der Waals surface area (Å²) in [6, 6.07) is 5.88. The molecule has 0 spiro atoms. The zero-order valence-electron chi connectivity index (χ0n) is 11.5.